The van der Waals surface area contributed by atoms with Crippen molar-refractivity contribution in [1.29, 1.82) is 0 Å². The normalized spacial score (nSPS) is 32.8. The molecule has 1 aromatic rings. The number of hydrazone groups is 1. The highest BCUT2D eigenvalue weighted by molar-refractivity contribution is 9.10. The molecule has 0 radical (unpaired) electrons. The second kappa shape index (κ2) is 5.59. The van der Waals surface area contributed by atoms with E-state index in [9.17, 15) is 0 Å². The highest BCUT2D eigenvalue weighted by Gasteiger charge is 2.46. The summed E-state index contributed by atoms with van der Waals surface area (Å²) in [5, 5.41) is 4.65. The largest absolute Gasteiger partial charge is 0.496 e. The summed E-state index contributed by atoms with van der Waals surface area (Å²) in [7, 11) is 1.70. The molecule has 4 aliphatic heterocycles. The topological polar surface area (TPSA) is 68.4 Å². The van der Waals surface area contributed by atoms with Crippen molar-refractivity contribution in [1.82, 2.24) is 10.3 Å². The first-order valence-corrected chi connectivity index (χ1v) is 7.97. The van der Waals surface area contributed by atoms with Crippen molar-refractivity contribution < 1.29 is 10.2 Å². The van der Waals surface area contributed by atoms with Gasteiger partial charge in [0.05, 0.1) is 29.4 Å². The molecule has 5 rings (SSSR count). The van der Waals surface area contributed by atoms with Crippen molar-refractivity contribution in [2.75, 3.05) is 20.2 Å². The van der Waals surface area contributed by atoms with Gasteiger partial charge < -0.3 is 15.6 Å². The van der Waals surface area contributed by atoms with Gasteiger partial charge in [-0.25, -0.2) is 0 Å². The number of rotatable bonds is 2. The monoisotopic (exact) mass is 353 g/mol. The molecule has 3 fully saturated rings. The van der Waals surface area contributed by atoms with Crippen LogP contribution in [0.15, 0.2) is 27.8 Å². The molecule has 0 aromatic heterocycles. The molecule has 2 bridgehead atoms. The third-order valence-electron chi connectivity index (χ3n) is 4.83. The predicted molar refractivity (Wildman–Crippen MR) is 85.7 cm³/mol. The lowest BCUT2D eigenvalue weighted by Crippen LogP contribution is -2.56. The molecule has 0 saturated carbocycles. The molecule has 21 heavy (non-hydrogen) atoms. The van der Waals surface area contributed by atoms with E-state index in [1.165, 1.54) is 37.2 Å². The zero-order chi connectivity index (χ0) is 13.7. The highest BCUT2D eigenvalue weighted by atomic mass is 79.9. The quantitative estimate of drug-likeness (QED) is 0.880. The van der Waals surface area contributed by atoms with Crippen LogP contribution in [0.5, 0.6) is 5.75 Å². The van der Waals surface area contributed by atoms with E-state index in [0.29, 0.717) is 12.0 Å². The van der Waals surface area contributed by atoms with Gasteiger partial charge in [0.1, 0.15) is 5.75 Å². The number of nitrogens with one attached hydrogen (secondary N) is 1. The van der Waals surface area contributed by atoms with Crippen molar-refractivity contribution in [3.8, 4) is 5.75 Å². The van der Waals surface area contributed by atoms with Gasteiger partial charge in [-0.2, -0.15) is 5.10 Å². The van der Waals surface area contributed by atoms with Gasteiger partial charge in [-0.15, -0.1) is 0 Å². The number of fused-ring (bicyclic) bond motifs is 2. The molecule has 1 aromatic carbocycles. The number of hydrogen-bond donors (Lipinski definition) is 1. The molecular formula is C15H20BrN3O2. The Kier molecular flexibility index (Phi) is 3.94. The van der Waals surface area contributed by atoms with E-state index >= 15 is 0 Å². The predicted octanol–water partition coefficient (Wildman–Crippen LogP) is 1.73. The Morgan fingerprint density at radius 3 is 2.76 bits per heavy atom. The first kappa shape index (κ1) is 14.8. The van der Waals surface area contributed by atoms with Crippen molar-refractivity contribution in [3.63, 3.8) is 0 Å². The van der Waals surface area contributed by atoms with Gasteiger partial charge in [0.25, 0.3) is 0 Å². The van der Waals surface area contributed by atoms with E-state index in [1.807, 2.05) is 6.07 Å². The van der Waals surface area contributed by atoms with Crippen molar-refractivity contribution in [2.24, 2.45) is 11.0 Å². The van der Waals surface area contributed by atoms with Gasteiger partial charge in [0, 0.05) is 5.92 Å². The van der Waals surface area contributed by atoms with E-state index in [0.717, 1.165) is 10.2 Å². The van der Waals surface area contributed by atoms with Crippen LogP contribution in [0.4, 0.5) is 0 Å². The molecule has 0 spiro atoms. The Balaban J connectivity index is 0.00000132. The van der Waals surface area contributed by atoms with E-state index in [2.05, 4.69) is 43.5 Å². The average molecular weight is 354 g/mol. The molecule has 0 aliphatic carbocycles. The minimum atomic E-state index is 0. The van der Waals surface area contributed by atoms with E-state index in [4.69, 9.17) is 4.74 Å². The van der Waals surface area contributed by atoms with Crippen LogP contribution in [0, 0.1) is 5.92 Å². The third kappa shape index (κ3) is 2.25. The van der Waals surface area contributed by atoms with Crippen LogP contribution in [-0.4, -0.2) is 42.3 Å². The Labute approximate surface area is 132 Å². The van der Waals surface area contributed by atoms with Gasteiger partial charge >= 0.3 is 0 Å². The number of benzene rings is 1. The van der Waals surface area contributed by atoms with Crippen molar-refractivity contribution in [3.05, 3.63) is 28.2 Å². The molecule has 2 atom stereocenters. The van der Waals surface area contributed by atoms with Crippen LogP contribution in [-0.2, 0) is 0 Å². The first-order chi connectivity index (χ1) is 9.78. The molecule has 6 heteroatoms. The van der Waals surface area contributed by atoms with Gasteiger partial charge in [-0.05, 0) is 59.6 Å². The molecule has 0 amide bonds. The zero-order valence-corrected chi connectivity index (χ0v) is 13.6. The van der Waals surface area contributed by atoms with E-state index in [-0.39, 0.29) is 11.5 Å². The van der Waals surface area contributed by atoms with Gasteiger partial charge in [-0.1, -0.05) is 6.07 Å². The number of methoxy groups -OCH3 is 1. The Bertz CT molecular complexity index is 570. The molecular weight excluding hydrogens is 334 g/mol. The second-order valence-electron chi connectivity index (χ2n) is 5.79. The summed E-state index contributed by atoms with van der Waals surface area (Å²) in [6.07, 6.45) is 2.55. The smallest absolute Gasteiger partial charge is 0.133 e. The lowest BCUT2D eigenvalue weighted by molar-refractivity contribution is 0.133. The zero-order valence-electron chi connectivity index (χ0n) is 12.0. The van der Waals surface area contributed by atoms with Crippen LogP contribution in [0.2, 0.25) is 0 Å². The maximum absolute atomic E-state index is 5.31. The van der Waals surface area contributed by atoms with Gasteiger partial charge in [0.2, 0.25) is 0 Å². The summed E-state index contributed by atoms with van der Waals surface area (Å²) < 4.78 is 6.32. The average Bonchev–Trinajstić information content (AvgIpc) is 2.95. The van der Waals surface area contributed by atoms with Crippen LogP contribution in [0.3, 0.4) is 0 Å². The summed E-state index contributed by atoms with van der Waals surface area (Å²) in [5.41, 5.74) is 6.01. The summed E-state index contributed by atoms with van der Waals surface area (Å²) in [6.45, 7) is 2.42. The highest BCUT2D eigenvalue weighted by Crippen LogP contribution is 2.40. The van der Waals surface area contributed by atoms with Gasteiger partial charge in [0.15, 0.2) is 0 Å². The lowest BCUT2D eigenvalue weighted by Gasteiger charge is -2.45. The number of nitrogens with zero attached hydrogens (tertiary/aromatic N) is 2. The summed E-state index contributed by atoms with van der Waals surface area (Å²) >= 11 is 3.58. The molecule has 4 aliphatic rings. The van der Waals surface area contributed by atoms with Crippen LogP contribution < -0.4 is 10.2 Å². The molecule has 3 saturated heterocycles. The van der Waals surface area contributed by atoms with Crippen molar-refractivity contribution in [2.45, 2.75) is 24.9 Å². The maximum atomic E-state index is 5.31. The Hall–Kier alpha value is -1.11. The fourth-order valence-corrected chi connectivity index (χ4v) is 4.35. The maximum Gasteiger partial charge on any atom is 0.133 e. The van der Waals surface area contributed by atoms with E-state index < -0.39 is 0 Å². The molecule has 2 unspecified atom stereocenters. The standard InChI is InChI=1S/C15H18BrN3O.H2O/c1-20-12-3-2-10(8-11(12)16)14-15-13(17-18-14)9-4-6-19(15)7-5-9;/h2-3,8-9,14-15,18H,4-7H2,1H3;1H2. The third-order valence-corrected chi connectivity index (χ3v) is 5.45. The lowest BCUT2D eigenvalue weighted by atomic mass is 9.78. The Morgan fingerprint density at radius 2 is 2.10 bits per heavy atom. The SMILES string of the molecule is COc1ccc(C2NN=C3C4CCN(CC4)C32)cc1Br.O. The summed E-state index contributed by atoms with van der Waals surface area (Å²) in [5.74, 6) is 1.57. The van der Waals surface area contributed by atoms with Crippen LogP contribution in [0.25, 0.3) is 0 Å². The fourth-order valence-electron chi connectivity index (χ4n) is 3.79. The fraction of sp³-hybridized carbons (Fsp3) is 0.533. The minimum absolute atomic E-state index is 0. The number of ether oxygens (including phenoxy) is 1. The Morgan fingerprint density at radius 1 is 1.33 bits per heavy atom. The number of hydrogen-bond acceptors (Lipinski definition) is 4. The molecule has 4 heterocycles. The van der Waals surface area contributed by atoms with Gasteiger partial charge in [-0.3, -0.25) is 4.90 Å². The first-order valence-electron chi connectivity index (χ1n) is 7.18. The van der Waals surface area contributed by atoms with Crippen molar-refractivity contribution >= 4 is 21.6 Å². The summed E-state index contributed by atoms with van der Waals surface area (Å²) in [4.78, 5) is 2.58. The summed E-state index contributed by atoms with van der Waals surface area (Å²) in [6, 6.07) is 7.04. The molecule has 3 N–H and O–H groups in total. The molecule has 5 nitrogen and oxygen atoms in total. The number of piperidine rings is 3. The molecule has 114 valence electrons. The minimum Gasteiger partial charge on any atom is -0.496 e. The van der Waals surface area contributed by atoms with E-state index in [1.54, 1.807) is 7.11 Å². The van der Waals surface area contributed by atoms with Crippen LogP contribution >= 0.6 is 15.9 Å². The second-order valence-corrected chi connectivity index (χ2v) is 6.65. The number of halogens is 1. The van der Waals surface area contributed by atoms with Crippen LogP contribution in [0.1, 0.15) is 24.4 Å².